The lowest BCUT2D eigenvalue weighted by Crippen LogP contribution is -3.00. The molecule has 0 saturated heterocycles. The first-order valence-electron chi connectivity index (χ1n) is 17.3. The Balaban J connectivity index is 0. The predicted molar refractivity (Wildman–Crippen MR) is 181 cm³/mol. The standard InChI is InChI=1S/2C19H34N.BrH.H2O/c2*1-4-7-15-20(16-8-5-2,17-9-6-3)18-19-13-11-10-12-14-19;;/h2*10-14H,4-9,15-18H2,1-3H3;1H;1H2/q2*+1;;/p-2. The van der Waals surface area contributed by atoms with Gasteiger partial charge in [-0.2, -0.15) is 0 Å². The number of nitrogens with zero attached hydrogens (tertiary/aromatic N) is 2. The molecule has 0 amide bonds. The number of unbranched alkanes of at least 4 members (excludes halogenated alkanes) is 6. The van der Waals surface area contributed by atoms with Crippen molar-refractivity contribution in [3.8, 4) is 0 Å². The van der Waals surface area contributed by atoms with Crippen LogP contribution in [0.3, 0.4) is 0 Å². The van der Waals surface area contributed by atoms with Crippen LogP contribution in [0.5, 0.6) is 0 Å². The second-order valence-electron chi connectivity index (χ2n) is 12.4. The van der Waals surface area contributed by atoms with Gasteiger partial charge in [-0.15, -0.1) is 0 Å². The van der Waals surface area contributed by atoms with E-state index in [0.29, 0.717) is 0 Å². The Morgan fingerprint density at radius 2 is 0.595 bits per heavy atom. The van der Waals surface area contributed by atoms with E-state index < -0.39 is 0 Å². The third-order valence-electron chi connectivity index (χ3n) is 8.64. The molecule has 0 radical (unpaired) electrons. The van der Waals surface area contributed by atoms with Crippen molar-refractivity contribution in [3.63, 3.8) is 0 Å². The molecule has 0 heterocycles. The molecule has 0 aliphatic heterocycles. The molecule has 0 saturated carbocycles. The minimum atomic E-state index is 0. The quantitative estimate of drug-likeness (QED) is 0.121. The molecule has 0 unspecified atom stereocenters. The first-order chi connectivity index (χ1) is 19.5. The van der Waals surface area contributed by atoms with Crippen LogP contribution in [0.25, 0.3) is 0 Å². The van der Waals surface area contributed by atoms with Crippen LogP contribution in [0.15, 0.2) is 60.7 Å². The third-order valence-corrected chi connectivity index (χ3v) is 8.64. The summed E-state index contributed by atoms with van der Waals surface area (Å²) in [5, 5.41) is 0. The molecule has 244 valence electrons. The van der Waals surface area contributed by atoms with E-state index in [9.17, 15) is 0 Å². The minimum absolute atomic E-state index is 0. The van der Waals surface area contributed by atoms with Crippen molar-refractivity contribution in [1.82, 2.24) is 0 Å². The fourth-order valence-electron chi connectivity index (χ4n) is 6.05. The van der Waals surface area contributed by atoms with E-state index in [1.807, 2.05) is 0 Å². The van der Waals surface area contributed by atoms with Crippen molar-refractivity contribution in [3.05, 3.63) is 71.8 Å². The van der Waals surface area contributed by atoms with Crippen molar-refractivity contribution in [1.29, 1.82) is 0 Å². The zero-order valence-electron chi connectivity index (χ0n) is 28.6. The molecule has 4 heteroatoms. The SMILES string of the molecule is CCCC[N+](CCCC)(CCCC)Cc1ccccc1.CCCC[N+](CCCC)(CCCC)Cc1ccccc1.[Br-].[OH-]. The molecule has 42 heavy (non-hydrogen) atoms. The lowest BCUT2D eigenvalue weighted by molar-refractivity contribution is -0.941. The monoisotopic (exact) mass is 648 g/mol. The number of benzene rings is 2. The zero-order valence-corrected chi connectivity index (χ0v) is 30.2. The number of hydrogen-bond donors (Lipinski definition) is 0. The van der Waals surface area contributed by atoms with Crippen LogP contribution in [0, 0.1) is 0 Å². The van der Waals surface area contributed by atoms with Crippen LogP contribution in [0.2, 0.25) is 0 Å². The molecule has 0 aromatic heterocycles. The fourth-order valence-corrected chi connectivity index (χ4v) is 6.05. The van der Waals surface area contributed by atoms with E-state index >= 15 is 0 Å². The van der Waals surface area contributed by atoms with Gasteiger partial charge in [0.2, 0.25) is 0 Å². The maximum absolute atomic E-state index is 2.32. The Bertz CT molecular complexity index is 701. The highest BCUT2D eigenvalue weighted by Gasteiger charge is 2.27. The van der Waals surface area contributed by atoms with Gasteiger partial charge in [-0.3, -0.25) is 0 Å². The molecule has 1 N–H and O–H groups in total. The Morgan fingerprint density at radius 1 is 0.381 bits per heavy atom. The van der Waals surface area contributed by atoms with E-state index in [0.717, 1.165) is 0 Å². The summed E-state index contributed by atoms with van der Waals surface area (Å²) in [6.07, 6.45) is 16.0. The Morgan fingerprint density at radius 3 is 0.786 bits per heavy atom. The second kappa shape index (κ2) is 27.4. The Hall–Kier alpha value is -1.20. The molecule has 0 fully saturated rings. The van der Waals surface area contributed by atoms with Crippen LogP contribution < -0.4 is 17.0 Å². The van der Waals surface area contributed by atoms with Gasteiger partial charge in [0.05, 0.1) is 39.3 Å². The van der Waals surface area contributed by atoms with Gasteiger partial charge in [0.1, 0.15) is 13.1 Å². The molecule has 2 aromatic carbocycles. The second-order valence-corrected chi connectivity index (χ2v) is 12.4. The molecule has 0 spiro atoms. The Kier molecular flexibility index (Phi) is 28.0. The summed E-state index contributed by atoms with van der Waals surface area (Å²) >= 11 is 0. The normalized spacial score (nSPS) is 11.2. The van der Waals surface area contributed by atoms with Gasteiger partial charge in [0.25, 0.3) is 0 Å². The molecular formula is C38H69BrN2O. The summed E-state index contributed by atoms with van der Waals surface area (Å²) < 4.78 is 2.61. The summed E-state index contributed by atoms with van der Waals surface area (Å²) in [4.78, 5) is 0. The summed E-state index contributed by atoms with van der Waals surface area (Å²) in [5.41, 5.74) is 3.02. The smallest absolute Gasteiger partial charge is 0.104 e. The van der Waals surface area contributed by atoms with Crippen molar-refractivity contribution < 1.29 is 31.4 Å². The maximum Gasteiger partial charge on any atom is 0.104 e. The first kappa shape index (κ1) is 42.9. The van der Waals surface area contributed by atoms with Crippen molar-refractivity contribution in [2.24, 2.45) is 0 Å². The van der Waals surface area contributed by atoms with Crippen molar-refractivity contribution >= 4 is 0 Å². The van der Waals surface area contributed by atoms with E-state index in [1.165, 1.54) is 150 Å². The maximum atomic E-state index is 2.32. The van der Waals surface area contributed by atoms with Gasteiger partial charge in [0, 0.05) is 11.1 Å². The van der Waals surface area contributed by atoms with Gasteiger partial charge < -0.3 is 31.4 Å². The number of halogens is 1. The molecule has 0 aliphatic rings. The fraction of sp³-hybridized carbons (Fsp3) is 0.684. The molecule has 2 rings (SSSR count). The summed E-state index contributed by atoms with van der Waals surface area (Å²) in [6, 6.07) is 22.2. The van der Waals surface area contributed by atoms with Gasteiger partial charge in [-0.1, -0.05) is 141 Å². The van der Waals surface area contributed by atoms with Crippen molar-refractivity contribution in [2.45, 2.75) is 132 Å². The van der Waals surface area contributed by atoms with Crippen LogP contribution in [0.4, 0.5) is 0 Å². The molecule has 0 atom stereocenters. The summed E-state index contributed by atoms with van der Waals surface area (Å²) in [7, 11) is 0. The molecule has 0 aliphatic carbocycles. The average molecular weight is 650 g/mol. The summed E-state index contributed by atoms with van der Waals surface area (Å²) in [5.74, 6) is 0. The van der Waals surface area contributed by atoms with Gasteiger partial charge in [0.15, 0.2) is 0 Å². The van der Waals surface area contributed by atoms with E-state index in [4.69, 9.17) is 0 Å². The van der Waals surface area contributed by atoms with Gasteiger partial charge in [-0.25, -0.2) is 0 Å². The number of hydrogen-bond acceptors (Lipinski definition) is 1. The highest BCUT2D eigenvalue weighted by Crippen LogP contribution is 2.21. The van der Waals surface area contributed by atoms with E-state index in [1.54, 1.807) is 0 Å². The topological polar surface area (TPSA) is 30.0 Å². The third kappa shape index (κ3) is 18.5. The first-order valence-corrected chi connectivity index (χ1v) is 17.3. The molecule has 3 nitrogen and oxygen atoms in total. The van der Waals surface area contributed by atoms with E-state index in [2.05, 4.69) is 102 Å². The van der Waals surface area contributed by atoms with Crippen LogP contribution in [0.1, 0.15) is 130 Å². The van der Waals surface area contributed by atoms with Crippen LogP contribution >= 0.6 is 0 Å². The molecule has 0 bridgehead atoms. The van der Waals surface area contributed by atoms with E-state index in [-0.39, 0.29) is 22.5 Å². The molecule has 2 aromatic rings. The zero-order chi connectivity index (χ0) is 29.4. The van der Waals surface area contributed by atoms with Crippen molar-refractivity contribution in [2.75, 3.05) is 39.3 Å². The lowest BCUT2D eigenvalue weighted by Gasteiger charge is -2.39. The Labute approximate surface area is 273 Å². The summed E-state index contributed by atoms with van der Waals surface area (Å²) in [6.45, 7) is 24.5. The molecular weight excluding hydrogens is 580 g/mol. The number of rotatable bonds is 22. The number of quaternary nitrogens is 2. The largest absolute Gasteiger partial charge is 1.00 e. The highest BCUT2D eigenvalue weighted by molar-refractivity contribution is 5.14. The average Bonchev–Trinajstić information content (AvgIpc) is 3.00. The predicted octanol–water partition coefficient (Wildman–Crippen LogP) is 7.63. The minimum Gasteiger partial charge on any atom is -1.00 e. The lowest BCUT2D eigenvalue weighted by atomic mass is 10.1. The van der Waals surface area contributed by atoms with Crippen LogP contribution in [-0.4, -0.2) is 53.7 Å². The highest BCUT2D eigenvalue weighted by atomic mass is 79.9. The van der Waals surface area contributed by atoms with Crippen LogP contribution in [-0.2, 0) is 13.1 Å². The van der Waals surface area contributed by atoms with Gasteiger partial charge in [-0.05, 0) is 38.5 Å². The van der Waals surface area contributed by atoms with Gasteiger partial charge >= 0.3 is 0 Å².